The number of fused-ring (bicyclic) bond motifs is 1. The fourth-order valence-electron chi connectivity index (χ4n) is 5.88. The number of hydrogen-bond acceptors (Lipinski definition) is 7. The highest BCUT2D eigenvalue weighted by molar-refractivity contribution is 6.07. The van der Waals surface area contributed by atoms with E-state index in [9.17, 15) is 14.4 Å². The molecule has 1 fully saturated rings. The smallest absolute Gasteiger partial charge is 0.268 e. The summed E-state index contributed by atoms with van der Waals surface area (Å²) in [4.78, 5) is 44.7. The maximum Gasteiger partial charge on any atom is 0.268 e. The molecule has 242 valence electrons. The van der Waals surface area contributed by atoms with Crippen LogP contribution < -0.4 is 27.1 Å². The number of carbonyl (C=O) groups excluding carboxylic acids is 2. The number of amides is 2. The summed E-state index contributed by atoms with van der Waals surface area (Å²) in [6.07, 6.45) is 7.47. The zero-order valence-corrected chi connectivity index (χ0v) is 26.4. The van der Waals surface area contributed by atoms with Crippen LogP contribution in [0.15, 0.2) is 71.9 Å². The molecule has 0 aliphatic carbocycles. The van der Waals surface area contributed by atoms with Crippen molar-refractivity contribution in [2.24, 2.45) is 0 Å². The summed E-state index contributed by atoms with van der Waals surface area (Å²) in [5, 5.41) is 8.92. The molecule has 0 saturated carbocycles. The molecule has 0 spiro atoms. The van der Waals surface area contributed by atoms with Crippen molar-refractivity contribution in [1.82, 2.24) is 20.2 Å². The number of pyridine rings is 2. The van der Waals surface area contributed by atoms with Gasteiger partial charge in [0.25, 0.3) is 11.8 Å². The number of aryl methyl sites for hydroxylation is 2. The molecule has 0 bridgehead atoms. The van der Waals surface area contributed by atoms with Crippen LogP contribution in [0.3, 0.4) is 0 Å². The topological polar surface area (TPSA) is 140 Å². The maximum absolute atomic E-state index is 15.6. The van der Waals surface area contributed by atoms with Crippen molar-refractivity contribution in [2.45, 2.75) is 45.7 Å². The standard InChI is InChI=1S/C36H37FN6O4/c1-21-4-6-23(7-5-21)31-32-36(46)39-12-3-13-43(32)20-29(33(31)44)35(45)42-26-8-9-27(30(37)17-26)28-16-24(19-41-34(28)38)22(2)18-40-25-10-14-47-15-11-25/h4-9,16-20,25,40H,3,10-15H2,1-2H3,(H2,38,41)(H,39,46)(H,42,45)/b22-18+. The monoisotopic (exact) mass is 636 g/mol. The zero-order chi connectivity index (χ0) is 33.1. The molecular weight excluding hydrogens is 599 g/mol. The van der Waals surface area contributed by atoms with Crippen LogP contribution in [0, 0.1) is 12.7 Å². The Bertz CT molecular complexity index is 1930. The highest BCUT2D eigenvalue weighted by Gasteiger charge is 2.27. The van der Waals surface area contributed by atoms with Gasteiger partial charge in [-0.25, -0.2) is 9.37 Å². The molecule has 10 nitrogen and oxygen atoms in total. The number of nitrogens with one attached hydrogen (secondary N) is 3. The Hall–Kier alpha value is -5.29. The fourth-order valence-corrected chi connectivity index (χ4v) is 5.88. The van der Waals surface area contributed by atoms with Gasteiger partial charge in [0.15, 0.2) is 0 Å². The predicted octanol–water partition coefficient (Wildman–Crippen LogP) is 5.12. The molecule has 2 aliphatic heterocycles. The first-order chi connectivity index (χ1) is 22.7. The van der Waals surface area contributed by atoms with Crippen LogP contribution in [0.2, 0.25) is 0 Å². The van der Waals surface area contributed by atoms with Gasteiger partial charge in [-0.05, 0) is 74.1 Å². The first-order valence-electron chi connectivity index (χ1n) is 15.7. The van der Waals surface area contributed by atoms with E-state index in [0.717, 1.165) is 42.8 Å². The van der Waals surface area contributed by atoms with Crippen molar-refractivity contribution in [3.05, 3.63) is 106 Å². The summed E-state index contributed by atoms with van der Waals surface area (Å²) in [5.41, 5.74) is 9.82. The number of allylic oxidation sites excluding steroid dienone is 1. The Morgan fingerprint density at radius 3 is 2.62 bits per heavy atom. The average Bonchev–Trinajstić information content (AvgIpc) is 3.25. The van der Waals surface area contributed by atoms with E-state index in [1.54, 1.807) is 35.0 Å². The molecule has 4 aromatic rings. The molecule has 2 aromatic carbocycles. The minimum atomic E-state index is -0.712. The van der Waals surface area contributed by atoms with E-state index in [0.29, 0.717) is 36.7 Å². The number of rotatable bonds is 7. The highest BCUT2D eigenvalue weighted by Crippen LogP contribution is 2.31. The lowest BCUT2D eigenvalue weighted by Gasteiger charge is -2.22. The van der Waals surface area contributed by atoms with Crippen molar-refractivity contribution in [2.75, 3.05) is 30.8 Å². The van der Waals surface area contributed by atoms with Gasteiger partial charge in [0, 0.05) is 67.8 Å². The Morgan fingerprint density at radius 1 is 1.11 bits per heavy atom. The number of aromatic nitrogens is 2. The summed E-state index contributed by atoms with van der Waals surface area (Å²) in [6.45, 7) is 6.20. The molecule has 0 radical (unpaired) electrons. The van der Waals surface area contributed by atoms with Crippen molar-refractivity contribution >= 4 is 28.9 Å². The fraction of sp³-hybridized carbons (Fsp3) is 0.278. The number of hydrogen-bond donors (Lipinski definition) is 4. The van der Waals surface area contributed by atoms with Gasteiger partial charge in [0.2, 0.25) is 5.43 Å². The van der Waals surface area contributed by atoms with Crippen LogP contribution in [0.5, 0.6) is 0 Å². The number of halogens is 1. The van der Waals surface area contributed by atoms with Gasteiger partial charge in [0.05, 0.1) is 5.56 Å². The molecule has 11 heteroatoms. The lowest BCUT2D eigenvalue weighted by Crippen LogP contribution is -2.31. The number of benzene rings is 2. The second-order valence-electron chi connectivity index (χ2n) is 12.0. The summed E-state index contributed by atoms with van der Waals surface area (Å²) in [6, 6.07) is 13.6. The van der Waals surface area contributed by atoms with E-state index < -0.39 is 17.2 Å². The Balaban J connectivity index is 1.28. The summed E-state index contributed by atoms with van der Waals surface area (Å²) in [7, 11) is 0. The number of carbonyl (C=O) groups is 2. The highest BCUT2D eigenvalue weighted by atomic mass is 19.1. The van der Waals surface area contributed by atoms with Crippen LogP contribution in [-0.4, -0.2) is 47.2 Å². The van der Waals surface area contributed by atoms with E-state index in [-0.39, 0.29) is 39.8 Å². The Kier molecular flexibility index (Phi) is 9.17. The van der Waals surface area contributed by atoms with Gasteiger partial charge in [-0.2, -0.15) is 0 Å². The average molecular weight is 637 g/mol. The van der Waals surface area contributed by atoms with Gasteiger partial charge >= 0.3 is 0 Å². The number of nitrogens with zero attached hydrogens (tertiary/aromatic N) is 2. The third-order valence-electron chi connectivity index (χ3n) is 8.59. The molecule has 2 aliphatic rings. The molecule has 0 unspecified atom stereocenters. The largest absolute Gasteiger partial charge is 0.388 e. The minimum Gasteiger partial charge on any atom is -0.388 e. The van der Waals surface area contributed by atoms with Crippen molar-refractivity contribution in [3.8, 4) is 22.3 Å². The van der Waals surface area contributed by atoms with Crippen molar-refractivity contribution < 1.29 is 18.7 Å². The third kappa shape index (κ3) is 6.80. The van der Waals surface area contributed by atoms with Crippen LogP contribution in [0.25, 0.3) is 27.8 Å². The number of nitrogens with two attached hydrogens (primary N) is 1. The molecule has 6 rings (SSSR count). The van der Waals surface area contributed by atoms with Gasteiger partial charge in [-0.3, -0.25) is 14.4 Å². The normalized spacial score (nSPS) is 15.4. The summed E-state index contributed by atoms with van der Waals surface area (Å²) in [5.74, 6) is -1.54. The van der Waals surface area contributed by atoms with Gasteiger partial charge in [0.1, 0.15) is 22.9 Å². The molecule has 2 amide bonds. The van der Waals surface area contributed by atoms with E-state index in [4.69, 9.17) is 10.5 Å². The lowest BCUT2D eigenvalue weighted by molar-refractivity contribution is 0.0812. The van der Waals surface area contributed by atoms with Gasteiger partial charge in [-0.15, -0.1) is 0 Å². The SMILES string of the molecule is C/C(=C\NC1CCOCC1)c1cnc(N)c(-c2ccc(NC(=O)c3cn4c(c(-c5ccc(C)cc5)c3=O)C(=O)NCCC4)cc2F)c1. The summed E-state index contributed by atoms with van der Waals surface area (Å²) < 4.78 is 22.7. The quantitative estimate of drug-likeness (QED) is 0.221. The van der Waals surface area contributed by atoms with Crippen LogP contribution >= 0.6 is 0 Å². The number of ether oxygens (including phenoxy) is 1. The maximum atomic E-state index is 15.6. The van der Waals surface area contributed by atoms with Gasteiger partial charge < -0.3 is 31.0 Å². The number of nitrogen functional groups attached to an aromatic ring is 1. The Labute approximate surface area is 271 Å². The van der Waals surface area contributed by atoms with Crippen LogP contribution in [0.1, 0.15) is 58.2 Å². The molecule has 5 N–H and O–H groups in total. The van der Waals surface area contributed by atoms with Crippen molar-refractivity contribution in [3.63, 3.8) is 0 Å². The third-order valence-corrected chi connectivity index (χ3v) is 8.59. The van der Waals surface area contributed by atoms with E-state index in [2.05, 4.69) is 20.9 Å². The second kappa shape index (κ2) is 13.6. The molecule has 1 saturated heterocycles. The van der Waals surface area contributed by atoms with E-state index in [1.807, 2.05) is 32.2 Å². The van der Waals surface area contributed by atoms with Crippen LogP contribution in [-0.2, 0) is 11.3 Å². The minimum absolute atomic E-state index is 0.147. The van der Waals surface area contributed by atoms with Gasteiger partial charge in [-0.1, -0.05) is 29.8 Å². The predicted molar refractivity (Wildman–Crippen MR) is 180 cm³/mol. The Morgan fingerprint density at radius 2 is 1.87 bits per heavy atom. The molecule has 47 heavy (non-hydrogen) atoms. The first-order valence-corrected chi connectivity index (χ1v) is 15.7. The van der Waals surface area contributed by atoms with E-state index in [1.165, 1.54) is 18.3 Å². The molecule has 0 atom stereocenters. The number of anilines is 2. The summed E-state index contributed by atoms with van der Waals surface area (Å²) >= 11 is 0. The second-order valence-corrected chi connectivity index (χ2v) is 12.0. The molecule has 4 heterocycles. The zero-order valence-electron chi connectivity index (χ0n) is 26.4. The van der Waals surface area contributed by atoms with Crippen molar-refractivity contribution in [1.29, 1.82) is 0 Å². The van der Waals surface area contributed by atoms with E-state index >= 15 is 4.39 Å². The molecular formula is C36H37FN6O4. The molecule has 2 aromatic heterocycles. The first kappa shape index (κ1) is 31.7. The van der Waals surface area contributed by atoms with Crippen LogP contribution in [0.4, 0.5) is 15.9 Å². The lowest BCUT2D eigenvalue weighted by atomic mass is 9.98.